The molecule has 0 amide bonds. The van der Waals surface area contributed by atoms with Crippen molar-refractivity contribution in [1.82, 2.24) is 5.32 Å². The normalized spacial score (nSPS) is 41.2. The summed E-state index contributed by atoms with van der Waals surface area (Å²) in [6.45, 7) is 0.907. The Bertz CT molecular complexity index is 204. The first-order valence-electron chi connectivity index (χ1n) is 4.51. The summed E-state index contributed by atoms with van der Waals surface area (Å²) in [5.74, 6) is 0.643. The number of nitrogens with zero attached hydrogens (tertiary/aromatic N) is 1. The number of thiol groups is 1. The van der Waals surface area contributed by atoms with E-state index in [1.54, 1.807) is 0 Å². The van der Waals surface area contributed by atoms with Gasteiger partial charge in [0.05, 0.1) is 0 Å². The Morgan fingerprint density at radius 1 is 1.50 bits per heavy atom. The maximum atomic E-state index is 5.88. The van der Waals surface area contributed by atoms with Gasteiger partial charge in [0.2, 0.25) is 0 Å². The highest BCUT2D eigenvalue weighted by atomic mass is 32.1. The maximum Gasteiger partial charge on any atom is 0.153 e. The van der Waals surface area contributed by atoms with Crippen LogP contribution in [0.1, 0.15) is 19.3 Å². The standard InChI is InChI=1S/C8H15N3S/c9-6-1-2-7-5(3-6)4-10-8(12)11-7/h5-7H,1-4,9H2,(H2,10,11,12)/t5?,6-,7?/m0/s1. The molecule has 0 aromatic carbocycles. The summed E-state index contributed by atoms with van der Waals surface area (Å²) < 4.78 is 0. The van der Waals surface area contributed by atoms with E-state index in [-0.39, 0.29) is 0 Å². The Hall–Kier alpha value is -0.220. The smallest absolute Gasteiger partial charge is 0.153 e. The largest absolute Gasteiger partial charge is 0.362 e. The summed E-state index contributed by atoms with van der Waals surface area (Å²) >= 11 is 4.21. The fourth-order valence-electron chi connectivity index (χ4n) is 2.11. The maximum absolute atomic E-state index is 5.88. The van der Waals surface area contributed by atoms with Gasteiger partial charge in [-0.05, 0) is 19.3 Å². The van der Waals surface area contributed by atoms with Crippen molar-refractivity contribution in [2.24, 2.45) is 16.6 Å². The van der Waals surface area contributed by atoms with Gasteiger partial charge in [-0.3, -0.25) is 4.99 Å². The van der Waals surface area contributed by atoms with Crippen LogP contribution < -0.4 is 11.1 Å². The Kier molecular flexibility index (Phi) is 2.28. The van der Waals surface area contributed by atoms with Gasteiger partial charge in [0, 0.05) is 24.5 Å². The zero-order chi connectivity index (χ0) is 8.55. The van der Waals surface area contributed by atoms with Gasteiger partial charge >= 0.3 is 0 Å². The Balaban J connectivity index is 2.02. The highest BCUT2D eigenvalue weighted by molar-refractivity contribution is 7.96. The van der Waals surface area contributed by atoms with E-state index in [9.17, 15) is 0 Å². The summed E-state index contributed by atoms with van der Waals surface area (Å²) in [5, 5.41) is 4.10. The molecule has 1 aliphatic heterocycles. The topological polar surface area (TPSA) is 50.4 Å². The highest BCUT2D eigenvalue weighted by Crippen LogP contribution is 2.26. The lowest BCUT2D eigenvalue weighted by atomic mass is 9.81. The molecule has 3 nitrogen and oxygen atoms in total. The molecule has 0 aromatic heterocycles. The van der Waals surface area contributed by atoms with E-state index in [2.05, 4.69) is 22.9 Å². The Morgan fingerprint density at radius 3 is 3.17 bits per heavy atom. The average molecular weight is 185 g/mol. The van der Waals surface area contributed by atoms with Gasteiger partial charge in [-0.1, -0.05) is 0 Å². The molecule has 0 spiro atoms. The number of rotatable bonds is 0. The fourth-order valence-corrected chi connectivity index (χ4v) is 2.35. The SMILES string of the molecule is N[C@H]1CCC2NC(S)=NCC2C1. The molecule has 0 bridgehead atoms. The van der Waals surface area contributed by atoms with Gasteiger partial charge < -0.3 is 11.1 Å². The molecular weight excluding hydrogens is 170 g/mol. The first kappa shape index (κ1) is 8.38. The van der Waals surface area contributed by atoms with Gasteiger partial charge in [-0.2, -0.15) is 0 Å². The molecule has 0 saturated heterocycles. The zero-order valence-corrected chi connectivity index (χ0v) is 7.93. The second kappa shape index (κ2) is 3.26. The van der Waals surface area contributed by atoms with Crippen LogP contribution in [0.2, 0.25) is 0 Å². The lowest BCUT2D eigenvalue weighted by Crippen LogP contribution is -2.49. The van der Waals surface area contributed by atoms with E-state index in [4.69, 9.17) is 5.73 Å². The van der Waals surface area contributed by atoms with Gasteiger partial charge in [0.1, 0.15) is 0 Å². The average Bonchev–Trinajstić information content (AvgIpc) is 2.05. The molecule has 1 saturated carbocycles. The number of hydrogen-bond donors (Lipinski definition) is 3. The predicted molar refractivity (Wildman–Crippen MR) is 53.5 cm³/mol. The summed E-state index contributed by atoms with van der Waals surface area (Å²) in [6.07, 6.45) is 3.42. The van der Waals surface area contributed by atoms with Crippen LogP contribution in [-0.4, -0.2) is 23.8 Å². The van der Waals surface area contributed by atoms with Crippen LogP contribution in [0.25, 0.3) is 0 Å². The molecule has 1 heterocycles. The minimum atomic E-state index is 0.393. The molecule has 0 radical (unpaired) electrons. The van der Waals surface area contributed by atoms with Crippen molar-refractivity contribution in [2.75, 3.05) is 6.54 Å². The van der Waals surface area contributed by atoms with E-state index in [1.807, 2.05) is 0 Å². The number of fused-ring (bicyclic) bond motifs is 1. The highest BCUT2D eigenvalue weighted by Gasteiger charge is 2.30. The van der Waals surface area contributed by atoms with Crippen molar-refractivity contribution >= 4 is 17.8 Å². The predicted octanol–water partition coefficient (Wildman–Crippen LogP) is 0.371. The Labute approximate surface area is 78.2 Å². The fraction of sp³-hybridized carbons (Fsp3) is 0.875. The Morgan fingerprint density at radius 2 is 2.33 bits per heavy atom. The molecule has 1 aliphatic carbocycles. The number of amidine groups is 1. The van der Waals surface area contributed by atoms with Crippen LogP contribution in [-0.2, 0) is 0 Å². The summed E-state index contributed by atoms with van der Waals surface area (Å²) in [7, 11) is 0. The van der Waals surface area contributed by atoms with E-state index >= 15 is 0 Å². The second-order valence-electron chi connectivity index (χ2n) is 3.75. The second-order valence-corrected chi connectivity index (χ2v) is 4.17. The van der Waals surface area contributed by atoms with Gasteiger partial charge in [0.25, 0.3) is 0 Å². The van der Waals surface area contributed by atoms with E-state index in [0.29, 0.717) is 18.0 Å². The summed E-state index contributed by atoms with van der Waals surface area (Å²) in [5.41, 5.74) is 5.88. The minimum Gasteiger partial charge on any atom is -0.362 e. The number of aliphatic imine (C=N–C) groups is 1. The molecule has 3 N–H and O–H groups in total. The van der Waals surface area contributed by atoms with Crippen molar-refractivity contribution in [3.05, 3.63) is 0 Å². The lowest BCUT2D eigenvalue weighted by molar-refractivity contribution is 0.260. The lowest BCUT2D eigenvalue weighted by Gasteiger charge is -2.37. The third-order valence-corrected chi connectivity index (χ3v) is 3.08. The van der Waals surface area contributed by atoms with Crippen LogP contribution >= 0.6 is 12.6 Å². The van der Waals surface area contributed by atoms with Crippen molar-refractivity contribution < 1.29 is 0 Å². The molecule has 12 heavy (non-hydrogen) atoms. The molecule has 4 heteroatoms. The monoisotopic (exact) mass is 185 g/mol. The van der Waals surface area contributed by atoms with Crippen LogP contribution in [0.4, 0.5) is 0 Å². The van der Waals surface area contributed by atoms with Gasteiger partial charge in [-0.15, -0.1) is 12.6 Å². The van der Waals surface area contributed by atoms with Crippen molar-refractivity contribution in [1.29, 1.82) is 0 Å². The van der Waals surface area contributed by atoms with Crippen LogP contribution in [0.3, 0.4) is 0 Å². The summed E-state index contributed by atoms with van der Waals surface area (Å²) in [6, 6.07) is 0.972. The molecule has 1 fully saturated rings. The number of nitrogens with one attached hydrogen (secondary N) is 1. The van der Waals surface area contributed by atoms with Gasteiger partial charge in [0.15, 0.2) is 5.17 Å². The zero-order valence-electron chi connectivity index (χ0n) is 7.03. The molecule has 3 atom stereocenters. The molecule has 0 aromatic rings. The van der Waals surface area contributed by atoms with E-state index in [0.717, 1.165) is 24.6 Å². The van der Waals surface area contributed by atoms with Crippen molar-refractivity contribution in [3.63, 3.8) is 0 Å². The van der Waals surface area contributed by atoms with Crippen molar-refractivity contribution in [3.8, 4) is 0 Å². The molecular formula is C8H15N3S. The first-order chi connectivity index (χ1) is 5.75. The van der Waals surface area contributed by atoms with Crippen LogP contribution in [0.15, 0.2) is 4.99 Å². The van der Waals surface area contributed by atoms with E-state index in [1.165, 1.54) is 6.42 Å². The quantitative estimate of drug-likeness (QED) is 0.478. The first-order valence-corrected chi connectivity index (χ1v) is 4.96. The minimum absolute atomic E-state index is 0.393. The third kappa shape index (κ3) is 1.59. The van der Waals surface area contributed by atoms with Crippen LogP contribution in [0.5, 0.6) is 0 Å². The number of nitrogens with two attached hydrogens (primary N) is 1. The van der Waals surface area contributed by atoms with Crippen LogP contribution in [0, 0.1) is 5.92 Å². The van der Waals surface area contributed by atoms with Gasteiger partial charge in [-0.25, -0.2) is 0 Å². The van der Waals surface area contributed by atoms with Crippen molar-refractivity contribution in [2.45, 2.75) is 31.3 Å². The summed E-state index contributed by atoms with van der Waals surface area (Å²) in [4.78, 5) is 4.26. The molecule has 68 valence electrons. The van der Waals surface area contributed by atoms with E-state index < -0.39 is 0 Å². The molecule has 2 rings (SSSR count). The third-order valence-electron chi connectivity index (χ3n) is 2.81. The molecule has 2 unspecified atom stereocenters. The number of hydrogen-bond acceptors (Lipinski definition) is 3. The molecule has 2 aliphatic rings.